The molecule has 0 aromatic carbocycles. The van der Waals surface area contributed by atoms with Crippen LogP contribution in [0, 0.1) is 5.41 Å². The maximum absolute atomic E-state index is 10.1. The van der Waals surface area contributed by atoms with Crippen molar-refractivity contribution < 1.29 is 9.90 Å². The minimum atomic E-state index is -0.988. The Morgan fingerprint density at radius 1 is 1.90 bits per heavy atom. The lowest BCUT2D eigenvalue weighted by molar-refractivity contribution is -0.137. The average Bonchev–Trinajstić information content (AvgIpc) is 1.88. The van der Waals surface area contributed by atoms with Crippen molar-refractivity contribution in [2.24, 2.45) is 5.73 Å². The number of nitrogens with two attached hydrogens (primary N) is 1. The predicted octanol–water partition coefficient (Wildman–Crippen LogP) is -0.219. The molecule has 0 saturated heterocycles. The molecule has 0 aliphatic rings. The summed E-state index contributed by atoms with van der Waals surface area (Å²) in [6.45, 7) is 0. The number of carbonyl (C=O) groups is 1. The standard InChI is InChI=1S/C5H10N2O2S/c6-1-2-10-3-4(7)5(8)9/h1,4,6H,2-3,7H2,(H,8,9)/t4-/m1/s1. The van der Waals surface area contributed by atoms with Crippen molar-refractivity contribution in [2.75, 3.05) is 11.5 Å². The molecule has 10 heavy (non-hydrogen) atoms. The summed E-state index contributed by atoms with van der Waals surface area (Å²) in [4.78, 5) is 10.1. The van der Waals surface area contributed by atoms with Crippen LogP contribution in [0.25, 0.3) is 0 Å². The molecule has 0 saturated carbocycles. The van der Waals surface area contributed by atoms with E-state index < -0.39 is 12.0 Å². The van der Waals surface area contributed by atoms with E-state index in [1.807, 2.05) is 0 Å². The lowest BCUT2D eigenvalue weighted by Gasteiger charge is -2.02. The van der Waals surface area contributed by atoms with Crippen LogP contribution in [0.4, 0.5) is 0 Å². The van der Waals surface area contributed by atoms with E-state index in [4.69, 9.17) is 16.2 Å². The largest absolute Gasteiger partial charge is 0.480 e. The molecule has 4 N–H and O–H groups in total. The van der Waals surface area contributed by atoms with Gasteiger partial charge in [-0.05, 0) is 0 Å². The van der Waals surface area contributed by atoms with Gasteiger partial charge < -0.3 is 16.2 Å². The van der Waals surface area contributed by atoms with E-state index in [1.54, 1.807) is 0 Å². The number of thioether (sulfide) groups is 1. The number of carboxylic acids is 1. The highest BCUT2D eigenvalue weighted by atomic mass is 32.2. The molecule has 0 heterocycles. The van der Waals surface area contributed by atoms with Crippen LogP contribution in [0.5, 0.6) is 0 Å². The minimum absolute atomic E-state index is 0.366. The van der Waals surface area contributed by atoms with Crippen molar-refractivity contribution in [3.05, 3.63) is 0 Å². The molecule has 1 atom stereocenters. The Morgan fingerprint density at radius 3 is 2.90 bits per heavy atom. The van der Waals surface area contributed by atoms with E-state index in [1.165, 1.54) is 18.0 Å². The van der Waals surface area contributed by atoms with Gasteiger partial charge in [-0.15, -0.1) is 0 Å². The van der Waals surface area contributed by atoms with Crippen LogP contribution >= 0.6 is 11.8 Å². The molecule has 0 radical (unpaired) electrons. The van der Waals surface area contributed by atoms with E-state index in [9.17, 15) is 4.79 Å². The lowest BCUT2D eigenvalue weighted by atomic mass is 10.4. The zero-order valence-corrected chi connectivity index (χ0v) is 6.23. The monoisotopic (exact) mass is 162 g/mol. The highest BCUT2D eigenvalue weighted by Crippen LogP contribution is 1.98. The number of carboxylic acid groups (broad SMARTS) is 1. The van der Waals surface area contributed by atoms with Gasteiger partial charge in [0.25, 0.3) is 0 Å². The molecular formula is C5H10N2O2S. The number of aliphatic carboxylic acids is 1. The Hall–Kier alpha value is -0.550. The minimum Gasteiger partial charge on any atom is -0.480 e. The van der Waals surface area contributed by atoms with Crippen LogP contribution in [0.1, 0.15) is 0 Å². The van der Waals surface area contributed by atoms with Gasteiger partial charge in [-0.3, -0.25) is 4.79 Å². The molecule has 0 unspecified atom stereocenters. The summed E-state index contributed by atoms with van der Waals surface area (Å²) in [5.74, 6) is -0.0939. The van der Waals surface area contributed by atoms with Crippen molar-refractivity contribution in [1.82, 2.24) is 0 Å². The van der Waals surface area contributed by atoms with Crippen molar-refractivity contribution in [1.29, 1.82) is 5.41 Å². The van der Waals surface area contributed by atoms with E-state index in [2.05, 4.69) is 0 Å². The Bertz CT molecular complexity index is 129. The third-order valence-electron chi connectivity index (χ3n) is 0.816. The first kappa shape index (κ1) is 9.45. The predicted molar refractivity (Wildman–Crippen MR) is 41.7 cm³/mol. The first-order valence-electron chi connectivity index (χ1n) is 2.73. The molecule has 0 spiro atoms. The fraction of sp³-hybridized carbons (Fsp3) is 0.600. The molecule has 0 amide bonds. The topological polar surface area (TPSA) is 87.2 Å². The van der Waals surface area contributed by atoms with Crippen molar-refractivity contribution in [3.63, 3.8) is 0 Å². The van der Waals surface area contributed by atoms with E-state index in [0.29, 0.717) is 11.5 Å². The summed E-state index contributed by atoms with van der Waals surface area (Å²) in [7, 11) is 0. The third kappa shape index (κ3) is 4.34. The Kier molecular flexibility index (Phi) is 4.96. The van der Waals surface area contributed by atoms with Gasteiger partial charge in [-0.25, -0.2) is 0 Å². The van der Waals surface area contributed by atoms with Crippen LogP contribution < -0.4 is 5.73 Å². The van der Waals surface area contributed by atoms with E-state index in [-0.39, 0.29) is 0 Å². The van der Waals surface area contributed by atoms with Gasteiger partial charge in [0.05, 0.1) is 0 Å². The summed E-state index contributed by atoms with van der Waals surface area (Å²) < 4.78 is 0. The smallest absolute Gasteiger partial charge is 0.321 e. The summed E-state index contributed by atoms with van der Waals surface area (Å²) in [5, 5.41) is 14.9. The zero-order valence-electron chi connectivity index (χ0n) is 5.41. The van der Waals surface area contributed by atoms with Crippen molar-refractivity contribution in [2.45, 2.75) is 6.04 Å². The number of rotatable bonds is 5. The normalized spacial score (nSPS) is 12.5. The first-order chi connectivity index (χ1) is 4.68. The van der Waals surface area contributed by atoms with Crippen LogP contribution in [0.3, 0.4) is 0 Å². The van der Waals surface area contributed by atoms with Crippen LogP contribution in [-0.2, 0) is 4.79 Å². The number of nitrogens with one attached hydrogen (secondary N) is 1. The molecular weight excluding hydrogens is 152 g/mol. The molecule has 0 aliphatic heterocycles. The second-order valence-electron chi connectivity index (χ2n) is 1.69. The Labute approximate surface area is 63.3 Å². The molecule has 0 rings (SSSR count). The van der Waals surface area contributed by atoms with Gasteiger partial charge in [0, 0.05) is 17.7 Å². The molecule has 5 heteroatoms. The van der Waals surface area contributed by atoms with Gasteiger partial charge in [0.15, 0.2) is 0 Å². The van der Waals surface area contributed by atoms with E-state index in [0.717, 1.165) is 0 Å². The van der Waals surface area contributed by atoms with E-state index >= 15 is 0 Å². The maximum Gasteiger partial charge on any atom is 0.321 e. The molecule has 0 bridgehead atoms. The maximum atomic E-state index is 10.1. The highest BCUT2D eigenvalue weighted by Gasteiger charge is 2.09. The number of hydrogen-bond donors (Lipinski definition) is 3. The fourth-order valence-corrected chi connectivity index (χ4v) is 0.976. The summed E-state index contributed by atoms with van der Waals surface area (Å²) in [6, 6.07) is -0.801. The van der Waals surface area contributed by atoms with Gasteiger partial charge in [0.1, 0.15) is 6.04 Å². The molecule has 4 nitrogen and oxygen atoms in total. The van der Waals surface area contributed by atoms with Gasteiger partial charge in [-0.2, -0.15) is 11.8 Å². The quantitative estimate of drug-likeness (QED) is 0.385. The van der Waals surface area contributed by atoms with Crippen LogP contribution in [0.15, 0.2) is 0 Å². The summed E-state index contributed by atoms with van der Waals surface area (Å²) in [6.07, 6.45) is 1.22. The third-order valence-corrected chi connectivity index (χ3v) is 1.81. The van der Waals surface area contributed by atoms with Crippen LogP contribution in [-0.4, -0.2) is 34.8 Å². The Morgan fingerprint density at radius 2 is 2.50 bits per heavy atom. The summed E-state index contributed by atoms with van der Waals surface area (Å²) in [5.41, 5.74) is 5.16. The molecule has 0 fully saturated rings. The fourth-order valence-electron chi connectivity index (χ4n) is 0.325. The zero-order chi connectivity index (χ0) is 7.98. The van der Waals surface area contributed by atoms with Crippen molar-refractivity contribution in [3.8, 4) is 0 Å². The second-order valence-corrected chi connectivity index (χ2v) is 2.76. The molecule has 58 valence electrons. The second kappa shape index (κ2) is 5.25. The SMILES string of the molecule is N=CCSC[C@@H](N)C(=O)O. The number of hydrogen-bond acceptors (Lipinski definition) is 4. The molecule has 0 aromatic rings. The average molecular weight is 162 g/mol. The van der Waals surface area contributed by atoms with Crippen molar-refractivity contribution >= 4 is 23.9 Å². The Balaban J connectivity index is 3.30. The van der Waals surface area contributed by atoms with Gasteiger partial charge >= 0.3 is 5.97 Å². The lowest BCUT2D eigenvalue weighted by Crippen LogP contribution is -2.32. The van der Waals surface area contributed by atoms with Crippen LogP contribution in [0.2, 0.25) is 0 Å². The van der Waals surface area contributed by atoms with Gasteiger partial charge in [-0.1, -0.05) is 0 Å². The molecule has 0 aromatic heterocycles. The first-order valence-corrected chi connectivity index (χ1v) is 3.89. The summed E-state index contributed by atoms with van der Waals surface area (Å²) >= 11 is 1.34. The molecule has 0 aliphatic carbocycles. The van der Waals surface area contributed by atoms with Gasteiger partial charge in [0.2, 0.25) is 0 Å². The highest BCUT2D eigenvalue weighted by molar-refractivity contribution is 7.99.